The van der Waals surface area contributed by atoms with E-state index in [-0.39, 0.29) is 12.0 Å². The van der Waals surface area contributed by atoms with Crippen LogP contribution in [-0.4, -0.2) is 40.3 Å². The lowest BCUT2D eigenvalue weighted by atomic mass is 9.69. The fraction of sp³-hybridized carbons (Fsp3) is 0.269. The first-order valence-electron chi connectivity index (χ1n) is 11.9. The van der Waals surface area contributed by atoms with Gasteiger partial charge in [0.1, 0.15) is 26.2 Å². The second-order valence-corrected chi connectivity index (χ2v) is 11.2. The van der Waals surface area contributed by atoms with Gasteiger partial charge in [0, 0.05) is 28.8 Å². The van der Waals surface area contributed by atoms with Gasteiger partial charge in [-0.1, -0.05) is 67.4 Å². The summed E-state index contributed by atoms with van der Waals surface area (Å²) in [7, 11) is 1.91. The maximum atomic E-state index is 11.5. The predicted octanol–water partition coefficient (Wildman–Crippen LogP) is 3.89. The van der Waals surface area contributed by atoms with Crippen LogP contribution in [0.4, 0.5) is 11.4 Å². The average molecular weight is 549 g/mol. The lowest BCUT2D eigenvalue weighted by molar-refractivity contribution is -0.118. The summed E-state index contributed by atoms with van der Waals surface area (Å²) in [6, 6.07) is 13.3. The van der Waals surface area contributed by atoms with Crippen molar-refractivity contribution in [3.05, 3.63) is 75.7 Å². The first-order chi connectivity index (χ1) is 17.9. The molecule has 194 valence electrons. The molecule has 0 fully saturated rings. The van der Waals surface area contributed by atoms with Gasteiger partial charge in [0.05, 0.1) is 33.4 Å². The van der Waals surface area contributed by atoms with Crippen LogP contribution in [0.5, 0.6) is 0 Å². The molecule has 12 heteroatoms. The molecule has 4 N–H and O–H groups in total. The summed E-state index contributed by atoms with van der Waals surface area (Å²) in [5.41, 5.74) is 7.87. The van der Waals surface area contributed by atoms with Gasteiger partial charge in [-0.05, 0) is 29.2 Å². The summed E-state index contributed by atoms with van der Waals surface area (Å²) in [6.45, 7) is 6.84. The van der Waals surface area contributed by atoms with Crippen molar-refractivity contribution >= 4 is 59.2 Å². The number of hydrogen-bond acceptors (Lipinski definition) is 7. The number of fused-ring (bicyclic) bond motifs is 1. The highest BCUT2D eigenvalue weighted by Gasteiger charge is 2.34. The number of nitrogens with two attached hydrogens (primary N) is 1. The highest BCUT2D eigenvalue weighted by atomic mass is 35.5. The van der Waals surface area contributed by atoms with Crippen molar-refractivity contribution in [2.24, 2.45) is 11.1 Å². The van der Waals surface area contributed by atoms with Crippen LogP contribution >= 0.6 is 23.2 Å². The molecule has 9 nitrogen and oxygen atoms in total. The molecule has 0 aliphatic carbocycles. The molecule has 2 aromatic heterocycles. The maximum Gasteiger partial charge on any atom is 0.239 e. The Bertz CT molecular complexity index is 1560. The van der Waals surface area contributed by atoms with Gasteiger partial charge in [-0.3, -0.25) is 9.78 Å². The van der Waals surface area contributed by atoms with Crippen molar-refractivity contribution in [2.45, 2.75) is 32.8 Å². The smallest absolute Gasteiger partial charge is 0.239 e. The summed E-state index contributed by atoms with van der Waals surface area (Å²) < 4.78 is 1.37. The number of amides is 1. The number of nitriles is 1. The molecule has 4 rings (SSSR count). The SMILES string of the molecule is BC(Nc1cc(Cl)c2ncc(C#N)c(NCC(C)(C)C)c2c1)(c1cn(CC(N)=O)nn1)c1ccccc1Cl. The number of primary amides is 1. The quantitative estimate of drug-likeness (QED) is 0.284. The summed E-state index contributed by atoms with van der Waals surface area (Å²) in [4.78, 5) is 15.9. The van der Waals surface area contributed by atoms with Gasteiger partial charge in [-0.25, -0.2) is 4.68 Å². The van der Waals surface area contributed by atoms with E-state index in [1.165, 1.54) is 10.9 Å². The molecule has 2 aromatic carbocycles. The molecule has 0 bridgehead atoms. The van der Waals surface area contributed by atoms with E-state index in [9.17, 15) is 10.1 Å². The van der Waals surface area contributed by atoms with E-state index in [0.717, 1.165) is 5.56 Å². The van der Waals surface area contributed by atoms with Gasteiger partial charge in [0.2, 0.25) is 5.91 Å². The third-order valence-electron chi connectivity index (χ3n) is 6.02. The summed E-state index contributed by atoms with van der Waals surface area (Å²) in [6.07, 6.45) is 3.17. The molecule has 0 spiro atoms. The minimum absolute atomic E-state index is 0.0264. The van der Waals surface area contributed by atoms with E-state index < -0.39 is 11.3 Å². The molecule has 1 amide bonds. The minimum Gasteiger partial charge on any atom is -0.383 e. The molecule has 38 heavy (non-hydrogen) atoms. The molecule has 0 aliphatic heterocycles. The van der Waals surface area contributed by atoms with Crippen LogP contribution in [0, 0.1) is 16.7 Å². The molecule has 1 atom stereocenters. The van der Waals surface area contributed by atoms with Crippen LogP contribution in [0.1, 0.15) is 37.6 Å². The van der Waals surface area contributed by atoms with Crippen molar-refractivity contribution in [1.82, 2.24) is 20.0 Å². The number of pyridine rings is 1. The van der Waals surface area contributed by atoms with Crippen LogP contribution < -0.4 is 16.4 Å². The fourth-order valence-electron chi connectivity index (χ4n) is 4.15. The van der Waals surface area contributed by atoms with Gasteiger partial charge in [-0.2, -0.15) is 5.26 Å². The van der Waals surface area contributed by atoms with Crippen molar-refractivity contribution in [1.29, 1.82) is 5.26 Å². The van der Waals surface area contributed by atoms with Crippen molar-refractivity contribution in [2.75, 3.05) is 17.2 Å². The van der Waals surface area contributed by atoms with Crippen molar-refractivity contribution < 1.29 is 4.79 Å². The van der Waals surface area contributed by atoms with Crippen LogP contribution in [-0.2, 0) is 16.8 Å². The molecule has 1 unspecified atom stereocenters. The standard InChI is InChI=1S/C26H27BCl2N8O/c1-25(2,3)14-33-23-15(10-30)11-32-24-17(23)8-16(9-20(24)29)34-26(27,18-6-4-5-7-19(18)28)21-12-37(36-35-21)13-22(31)38/h4-9,11-12,34H,13-14,27H2,1-3H3,(H2,31,38)(H,32,33). The number of nitrogens with one attached hydrogen (secondary N) is 2. The zero-order valence-electron chi connectivity index (χ0n) is 21.5. The second kappa shape index (κ2) is 10.5. The van der Waals surface area contributed by atoms with Crippen LogP contribution in [0.3, 0.4) is 0 Å². The molecule has 4 aromatic rings. The molecule has 0 saturated carbocycles. The van der Waals surface area contributed by atoms with Crippen LogP contribution in [0.2, 0.25) is 10.0 Å². The first kappa shape index (κ1) is 27.2. The monoisotopic (exact) mass is 548 g/mol. The number of carbonyl (C=O) groups is 1. The Morgan fingerprint density at radius 3 is 2.61 bits per heavy atom. The first-order valence-corrected chi connectivity index (χ1v) is 12.7. The van der Waals surface area contributed by atoms with E-state index in [1.807, 2.05) is 32.1 Å². The van der Waals surface area contributed by atoms with E-state index >= 15 is 0 Å². The number of nitrogens with zero attached hydrogens (tertiary/aromatic N) is 5. The van der Waals surface area contributed by atoms with Gasteiger partial charge < -0.3 is 16.4 Å². The molecule has 0 radical (unpaired) electrons. The lowest BCUT2D eigenvalue weighted by Gasteiger charge is -2.32. The third-order valence-corrected chi connectivity index (χ3v) is 6.63. The highest BCUT2D eigenvalue weighted by molar-refractivity contribution is 6.36. The zero-order valence-corrected chi connectivity index (χ0v) is 23.0. The largest absolute Gasteiger partial charge is 0.383 e. The van der Waals surface area contributed by atoms with E-state index in [1.54, 1.807) is 18.3 Å². The molecular formula is C26H27BCl2N8O. The number of halogens is 2. The van der Waals surface area contributed by atoms with E-state index in [4.69, 9.17) is 28.9 Å². The fourth-order valence-corrected chi connectivity index (χ4v) is 4.74. The number of hydrogen-bond donors (Lipinski definition) is 3. The molecular weight excluding hydrogens is 522 g/mol. The predicted molar refractivity (Wildman–Crippen MR) is 153 cm³/mol. The Hall–Kier alpha value is -3.81. The van der Waals surface area contributed by atoms with E-state index in [0.29, 0.717) is 50.1 Å². The normalized spacial score (nSPS) is 13.1. The second-order valence-electron chi connectivity index (χ2n) is 10.4. The number of carbonyl (C=O) groups excluding carboxylic acids is 1. The van der Waals surface area contributed by atoms with Crippen LogP contribution in [0.15, 0.2) is 48.8 Å². The Morgan fingerprint density at radius 2 is 1.95 bits per heavy atom. The van der Waals surface area contributed by atoms with Gasteiger partial charge >= 0.3 is 0 Å². The Morgan fingerprint density at radius 1 is 1.21 bits per heavy atom. The van der Waals surface area contributed by atoms with Gasteiger partial charge in [0.25, 0.3) is 0 Å². The number of rotatable bonds is 8. The maximum absolute atomic E-state index is 11.5. The van der Waals surface area contributed by atoms with Gasteiger partial charge in [0.15, 0.2) is 0 Å². The Labute approximate surface area is 231 Å². The Balaban J connectivity index is 1.87. The topological polar surface area (TPSA) is 135 Å². The van der Waals surface area contributed by atoms with Crippen molar-refractivity contribution in [3.8, 4) is 6.07 Å². The highest BCUT2D eigenvalue weighted by Crippen LogP contribution is 2.38. The lowest BCUT2D eigenvalue weighted by Crippen LogP contribution is -2.38. The minimum atomic E-state index is -0.982. The van der Waals surface area contributed by atoms with Crippen molar-refractivity contribution in [3.63, 3.8) is 0 Å². The molecule has 0 aliphatic rings. The van der Waals surface area contributed by atoms with E-state index in [2.05, 4.69) is 52.8 Å². The average Bonchev–Trinajstić information content (AvgIpc) is 3.30. The molecule has 0 saturated heterocycles. The zero-order chi connectivity index (χ0) is 27.7. The number of benzene rings is 2. The van der Waals surface area contributed by atoms with Gasteiger partial charge in [-0.15, -0.1) is 5.10 Å². The third kappa shape index (κ3) is 5.69. The number of aromatic nitrogens is 4. The summed E-state index contributed by atoms with van der Waals surface area (Å²) >= 11 is 13.4. The number of anilines is 2. The Kier molecular flexibility index (Phi) is 7.54. The van der Waals surface area contributed by atoms with Crippen LogP contribution in [0.25, 0.3) is 10.9 Å². The molecule has 2 heterocycles. The summed E-state index contributed by atoms with van der Waals surface area (Å²) in [5, 5.41) is 26.7. The summed E-state index contributed by atoms with van der Waals surface area (Å²) in [5.74, 6) is -0.536.